The quantitative estimate of drug-likeness (QED) is 0.464. The average Bonchev–Trinajstić information content (AvgIpc) is 3.01. The molecule has 0 unspecified atom stereocenters. The summed E-state index contributed by atoms with van der Waals surface area (Å²) in [6, 6.07) is 14.4. The first kappa shape index (κ1) is 18.2. The average molecular weight is 390 g/mol. The number of halogens is 1. The van der Waals surface area contributed by atoms with Crippen molar-refractivity contribution in [1.29, 1.82) is 0 Å². The van der Waals surface area contributed by atoms with Crippen LogP contribution in [0.1, 0.15) is 16.1 Å². The summed E-state index contributed by atoms with van der Waals surface area (Å²) < 4.78 is 10.9. The van der Waals surface area contributed by atoms with Gasteiger partial charge in [0.1, 0.15) is 5.58 Å². The Labute approximate surface area is 160 Å². The van der Waals surface area contributed by atoms with Gasteiger partial charge in [0.15, 0.2) is 10.9 Å². The number of ether oxygens (including phenoxy) is 1. The minimum absolute atomic E-state index is 0.176. The highest BCUT2D eigenvalue weighted by Gasteiger charge is 2.20. The Morgan fingerprint density at radius 2 is 1.88 bits per heavy atom. The van der Waals surface area contributed by atoms with Gasteiger partial charge in [-0.3, -0.25) is 15.6 Å². The highest BCUT2D eigenvalue weighted by molar-refractivity contribution is 7.80. The molecule has 0 saturated heterocycles. The van der Waals surface area contributed by atoms with Crippen LogP contribution in [0.3, 0.4) is 0 Å². The summed E-state index contributed by atoms with van der Waals surface area (Å²) in [5.74, 6) is -0.275. The van der Waals surface area contributed by atoms with E-state index in [1.54, 1.807) is 37.4 Å². The summed E-state index contributed by atoms with van der Waals surface area (Å²) in [6.45, 7) is 0.257. The maximum absolute atomic E-state index is 12.5. The Morgan fingerprint density at radius 3 is 2.62 bits per heavy atom. The molecule has 0 aliphatic rings. The van der Waals surface area contributed by atoms with Crippen LogP contribution in [0.2, 0.25) is 5.02 Å². The number of carbonyl (C=O) groups is 1. The number of methoxy groups -OCH3 is 1. The zero-order valence-electron chi connectivity index (χ0n) is 13.8. The smallest absolute Gasteiger partial charge is 0.305 e. The minimum atomic E-state index is -0.450. The van der Waals surface area contributed by atoms with Crippen molar-refractivity contribution in [3.63, 3.8) is 0 Å². The molecule has 0 fully saturated rings. The lowest BCUT2D eigenvalue weighted by Crippen LogP contribution is -2.43. The largest absolute Gasteiger partial charge is 0.450 e. The number of hydrogen-bond donors (Lipinski definition) is 3. The van der Waals surface area contributed by atoms with Gasteiger partial charge in [0, 0.05) is 28.8 Å². The molecular weight excluding hydrogens is 374 g/mol. The fraction of sp³-hybridized carbons (Fsp3) is 0.111. The van der Waals surface area contributed by atoms with E-state index in [9.17, 15) is 4.79 Å². The van der Waals surface area contributed by atoms with Crippen LogP contribution in [-0.4, -0.2) is 18.1 Å². The van der Waals surface area contributed by atoms with E-state index < -0.39 is 5.91 Å². The number of amides is 1. The number of hydrazine groups is 1. The van der Waals surface area contributed by atoms with Crippen LogP contribution in [-0.2, 0) is 11.3 Å². The molecule has 0 aliphatic heterocycles. The summed E-state index contributed by atoms with van der Waals surface area (Å²) >= 11 is 11.0. The number of hydrogen-bond acceptors (Lipinski definition) is 4. The molecule has 8 heteroatoms. The van der Waals surface area contributed by atoms with Crippen LogP contribution in [0.4, 0.5) is 5.69 Å². The number of nitrogens with one attached hydrogen (secondary N) is 3. The lowest BCUT2D eigenvalue weighted by molar-refractivity contribution is 0.0912. The lowest BCUT2D eigenvalue weighted by atomic mass is 10.1. The second-order valence-electron chi connectivity index (χ2n) is 5.38. The Kier molecular flexibility index (Phi) is 5.72. The van der Waals surface area contributed by atoms with Gasteiger partial charge >= 0.3 is 5.91 Å². The second-order valence-corrected chi connectivity index (χ2v) is 6.22. The fourth-order valence-corrected chi connectivity index (χ4v) is 2.73. The minimum Gasteiger partial charge on any atom is -0.450 e. The molecule has 3 rings (SSSR count). The molecule has 3 aromatic rings. The van der Waals surface area contributed by atoms with Crippen molar-refractivity contribution < 1.29 is 13.9 Å². The molecule has 1 heterocycles. The first-order valence-electron chi connectivity index (χ1n) is 7.70. The Bertz CT molecular complexity index is 941. The number of rotatable bonds is 4. The van der Waals surface area contributed by atoms with Crippen molar-refractivity contribution in [2.45, 2.75) is 6.61 Å². The van der Waals surface area contributed by atoms with Gasteiger partial charge in [0.25, 0.3) is 0 Å². The van der Waals surface area contributed by atoms with E-state index in [2.05, 4.69) is 16.2 Å². The van der Waals surface area contributed by atoms with Crippen LogP contribution in [0, 0.1) is 0 Å². The van der Waals surface area contributed by atoms with Gasteiger partial charge in [-0.15, -0.1) is 0 Å². The molecule has 0 aliphatic carbocycles. The SMILES string of the molecule is COCc1c(C(=O)NNC(=S)Nc2ccc(Cl)cc2)oc2ccccc12. The Hall–Kier alpha value is -2.61. The molecular formula is C18H16ClN3O3S. The highest BCUT2D eigenvalue weighted by atomic mass is 35.5. The van der Waals surface area contributed by atoms with Crippen molar-refractivity contribution in [3.8, 4) is 0 Å². The van der Waals surface area contributed by atoms with Gasteiger partial charge in [-0.05, 0) is 42.5 Å². The van der Waals surface area contributed by atoms with E-state index >= 15 is 0 Å². The van der Waals surface area contributed by atoms with Gasteiger partial charge in [-0.1, -0.05) is 29.8 Å². The van der Waals surface area contributed by atoms with E-state index in [4.69, 9.17) is 33.0 Å². The summed E-state index contributed by atoms with van der Waals surface area (Å²) in [5.41, 5.74) is 7.20. The van der Waals surface area contributed by atoms with Crippen LogP contribution in [0.25, 0.3) is 11.0 Å². The summed E-state index contributed by atoms with van der Waals surface area (Å²) in [7, 11) is 1.56. The molecule has 26 heavy (non-hydrogen) atoms. The van der Waals surface area contributed by atoms with E-state index in [-0.39, 0.29) is 17.5 Å². The second kappa shape index (κ2) is 8.18. The van der Waals surface area contributed by atoms with Gasteiger partial charge in [-0.25, -0.2) is 0 Å². The fourth-order valence-electron chi connectivity index (χ4n) is 2.44. The van der Waals surface area contributed by atoms with Crippen molar-refractivity contribution in [3.05, 3.63) is 64.9 Å². The number of benzene rings is 2. The molecule has 134 valence electrons. The molecule has 2 aromatic carbocycles. The number of fused-ring (bicyclic) bond motifs is 1. The number of furan rings is 1. The van der Waals surface area contributed by atoms with Gasteiger partial charge in [0.05, 0.1) is 6.61 Å². The van der Waals surface area contributed by atoms with E-state index in [0.29, 0.717) is 16.2 Å². The first-order chi connectivity index (χ1) is 12.6. The normalized spacial score (nSPS) is 10.5. The number of anilines is 1. The molecule has 3 N–H and O–H groups in total. The standard InChI is InChI=1S/C18H16ClN3O3S/c1-24-10-14-13-4-2-3-5-15(13)25-16(14)17(23)21-22-18(26)20-12-8-6-11(19)7-9-12/h2-9H,10H2,1H3,(H,21,23)(H2,20,22,26). The molecule has 1 amide bonds. The van der Waals surface area contributed by atoms with E-state index in [0.717, 1.165) is 11.1 Å². The van der Waals surface area contributed by atoms with Gasteiger partial charge in [0.2, 0.25) is 0 Å². The molecule has 0 spiro atoms. The lowest BCUT2D eigenvalue weighted by Gasteiger charge is -2.11. The van der Waals surface area contributed by atoms with Crippen LogP contribution in [0.15, 0.2) is 52.9 Å². The highest BCUT2D eigenvalue weighted by Crippen LogP contribution is 2.26. The third-order valence-corrected chi connectivity index (χ3v) is 4.04. The van der Waals surface area contributed by atoms with Crippen LogP contribution >= 0.6 is 23.8 Å². The third kappa shape index (κ3) is 4.13. The van der Waals surface area contributed by atoms with Gasteiger partial charge < -0.3 is 14.5 Å². The monoisotopic (exact) mass is 389 g/mol. The molecule has 0 bridgehead atoms. The summed E-state index contributed by atoms with van der Waals surface area (Å²) in [6.07, 6.45) is 0. The van der Waals surface area contributed by atoms with Crippen molar-refractivity contribution in [1.82, 2.24) is 10.9 Å². The molecule has 1 aromatic heterocycles. The van der Waals surface area contributed by atoms with Crippen molar-refractivity contribution in [2.24, 2.45) is 0 Å². The molecule has 0 radical (unpaired) electrons. The number of thiocarbonyl (C=S) groups is 1. The topological polar surface area (TPSA) is 75.5 Å². The zero-order chi connectivity index (χ0) is 18.5. The molecule has 0 atom stereocenters. The number of para-hydroxylation sites is 1. The van der Waals surface area contributed by atoms with Crippen molar-refractivity contribution >= 4 is 51.5 Å². The summed E-state index contributed by atoms with van der Waals surface area (Å²) in [5, 5.41) is 4.62. The first-order valence-corrected chi connectivity index (χ1v) is 8.49. The summed E-state index contributed by atoms with van der Waals surface area (Å²) in [4.78, 5) is 12.5. The predicted molar refractivity (Wildman–Crippen MR) is 105 cm³/mol. The maximum atomic E-state index is 12.5. The van der Waals surface area contributed by atoms with E-state index in [1.165, 1.54) is 0 Å². The third-order valence-electron chi connectivity index (χ3n) is 3.58. The zero-order valence-corrected chi connectivity index (χ0v) is 15.4. The van der Waals surface area contributed by atoms with Crippen LogP contribution in [0.5, 0.6) is 0 Å². The maximum Gasteiger partial charge on any atom is 0.305 e. The Morgan fingerprint density at radius 1 is 1.15 bits per heavy atom. The number of carbonyl (C=O) groups excluding carboxylic acids is 1. The molecule has 6 nitrogen and oxygen atoms in total. The van der Waals surface area contributed by atoms with Crippen molar-refractivity contribution in [2.75, 3.05) is 12.4 Å². The Balaban J connectivity index is 1.68. The van der Waals surface area contributed by atoms with E-state index in [1.807, 2.05) is 18.2 Å². The molecule has 0 saturated carbocycles. The van der Waals surface area contributed by atoms with Crippen LogP contribution < -0.4 is 16.2 Å². The van der Waals surface area contributed by atoms with Gasteiger partial charge in [-0.2, -0.15) is 0 Å². The predicted octanol–water partition coefficient (Wildman–Crippen LogP) is 3.86.